The molecular weight excluding hydrogens is 536 g/mol. The Balaban J connectivity index is 0.000000158. The van der Waals surface area contributed by atoms with Crippen LogP contribution >= 0.6 is 22.7 Å². The largest absolute Gasteiger partial charge is 0.390 e. The summed E-state index contributed by atoms with van der Waals surface area (Å²) < 4.78 is 2.50. The number of aliphatic hydroxyl groups is 1. The van der Waals surface area contributed by atoms with Crippen LogP contribution in [0.5, 0.6) is 0 Å². The highest BCUT2D eigenvalue weighted by molar-refractivity contribution is 7.16. The number of hydrogen-bond acceptors (Lipinski definition) is 10. The van der Waals surface area contributed by atoms with Crippen molar-refractivity contribution in [2.24, 2.45) is 0 Å². The van der Waals surface area contributed by atoms with E-state index in [0.29, 0.717) is 48.6 Å². The number of Topliss-reactive ketones (excluding diaryl/α,β-unsaturated/α-hetero) is 1. The third kappa shape index (κ3) is 4.72. The number of thiophene rings is 2. The molecule has 0 fully saturated rings. The number of hydrogen-bond donors (Lipinski definition) is 3. The highest BCUT2D eigenvalue weighted by Crippen LogP contribution is 2.28. The lowest BCUT2D eigenvalue weighted by Gasteiger charge is -2.07. The fourth-order valence-corrected chi connectivity index (χ4v) is 5.67. The number of para-hydroxylation sites is 2. The number of benzene rings is 2. The number of nitrogens with two attached hydrogens (primary N) is 2. The summed E-state index contributed by atoms with van der Waals surface area (Å²) in [5.41, 5.74) is 13.1. The Kier molecular flexibility index (Phi) is 7.07. The molecule has 0 saturated carbocycles. The van der Waals surface area contributed by atoms with E-state index in [9.17, 15) is 19.5 Å². The molecule has 0 radical (unpaired) electrons. The first-order valence-electron chi connectivity index (χ1n) is 11.6. The van der Waals surface area contributed by atoms with Crippen molar-refractivity contribution in [2.45, 2.75) is 13.5 Å². The molecule has 0 aliphatic heterocycles. The minimum absolute atomic E-state index is 0.197. The van der Waals surface area contributed by atoms with Crippen LogP contribution in [0, 0.1) is 0 Å². The first-order valence-corrected chi connectivity index (χ1v) is 13.4. The van der Waals surface area contributed by atoms with Crippen molar-refractivity contribution in [3.63, 3.8) is 0 Å². The van der Waals surface area contributed by atoms with Gasteiger partial charge in [-0.3, -0.25) is 14.4 Å². The first-order chi connectivity index (χ1) is 18.8. The van der Waals surface area contributed by atoms with Crippen LogP contribution in [0.2, 0.25) is 0 Å². The van der Waals surface area contributed by atoms with Crippen molar-refractivity contribution in [1.29, 1.82) is 0 Å². The van der Waals surface area contributed by atoms with Crippen molar-refractivity contribution in [3.8, 4) is 11.4 Å². The Morgan fingerprint density at radius 3 is 1.74 bits per heavy atom. The maximum atomic E-state index is 12.5. The number of nitrogen functional groups attached to an aromatic ring is 2. The molecule has 0 spiro atoms. The molecule has 10 nitrogen and oxygen atoms in total. The van der Waals surface area contributed by atoms with Gasteiger partial charge in [0.25, 0.3) is 11.1 Å². The van der Waals surface area contributed by atoms with E-state index < -0.39 is 0 Å². The van der Waals surface area contributed by atoms with Crippen molar-refractivity contribution in [2.75, 3.05) is 11.5 Å². The van der Waals surface area contributed by atoms with E-state index in [1.165, 1.54) is 39.0 Å². The minimum Gasteiger partial charge on any atom is -0.390 e. The van der Waals surface area contributed by atoms with Gasteiger partial charge in [0.2, 0.25) is 0 Å². The number of aromatic nitrogens is 4. The lowest BCUT2D eigenvalue weighted by molar-refractivity contribution is 0.101. The number of aliphatic hydroxyl groups excluding tert-OH is 1. The lowest BCUT2D eigenvalue weighted by Crippen LogP contribution is -2.24. The summed E-state index contributed by atoms with van der Waals surface area (Å²) in [5.74, 6) is -0.197. The molecule has 0 aliphatic carbocycles. The van der Waals surface area contributed by atoms with Gasteiger partial charge in [-0.2, -0.15) is 19.6 Å². The van der Waals surface area contributed by atoms with Crippen molar-refractivity contribution < 1.29 is 9.90 Å². The third-order valence-corrected chi connectivity index (χ3v) is 7.55. The number of anilines is 2. The molecule has 5 N–H and O–H groups in total. The predicted molar refractivity (Wildman–Crippen MR) is 155 cm³/mol. The number of carbonyl (C=O) groups is 1. The van der Waals surface area contributed by atoms with Crippen LogP contribution in [-0.2, 0) is 6.61 Å². The average molecular weight is 559 g/mol. The topological polar surface area (TPSA) is 159 Å². The summed E-state index contributed by atoms with van der Waals surface area (Å²) in [5, 5.41) is 24.0. The van der Waals surface area contributed by atoms with Gasteiger partial charge in [-0.05, 0) is 24.3 Å². The summed E-state index contributed by atoms with van der Waals surface area (Å²) in [7, 11) is 0. The van der Waals surface area contributed by atoms with E-state index >= 15 is 0 Å². The van der Waals surface area contributed by atoms with Gasteiger partial charge in [-0.1, -0.05) is 36.4 Å². The molecule has 0 unspecified atom stereocenters. The van der Waals surface area contributed by atoms with Gasteiger partial charge in [-0.15, -0.1) is 22.7 Å². The van der Waals surface area contributed by atoms with Crippen LogP contribution in [0.3, 0.4) is 0 Å². The zero-order chi connectivity index (χ0) is 27.7. The quantitative estimate of drug-likeness (QED) is 0.276. The summed E-state index contributed by atoms with van der Waals surface area (Å²) in [6.07, 6.45) is 0. The van der Waals surface area contributed by atoms with Crippen LogP contribution in [0.1, 0.15) is 23.1 Å². The molecule has 6 aromatic rings. The Morgan fingerprint density at radius 2 is 1.26 bits per heavy atom. The van der Waals surface area contributed by atoms with Gasteiger partial charge < -0.3 is 16.6 Å². The van der Waals surface area contributed by atoms with Gasteiger partial charge in [0, 0.05) is 28.5 Å². The summed E-state index contributed by atoms with van der Waals surface area (Å²) in [4.78, 5) is 36.7. The second kappa shape index (κ2) is 10.6. The van der Waals surface area contributed by atoms with E-state index in [1.54, 1.807) is 47.2 Å². The average Bonchev–Trinajstić information content (AvgIpc) is 3.54. The smallest absolute Gasteiger partial charge is 0.282 e. The zero-order valence-corrected chi connectivity index (χ0v) is 22.2. The monoisotopic (exact) mass is 558 g/mol. The fourth-order valence-electron chi connectivity index (χ4n) is 4.07. The predicted octanol–water partition coefficient (Wildman–Crippen LogP) is 3.75. The zero-order valence-electron chi connectivity index (χ0n) is 20.6. The Hall–Kier alpha value is -4.65. The molecule has 39 heavy (non-hydrogen) atoms. The summed E-state index contributed by atoms with van der Waals surface area (Å²) in [6.45, 7) is 1.19. The van der Waals surface area contributed by atoms with Gasteiger partial charge >= 0.3 is 0 Å². The second-order valence-corrected chi connectivity index (χ2v) is 10.2. The maximum absolute atomic E-state index is 12.5. The van der Waals surface area contributed by atoms with Crippen molar-refractivity contribution in [1.82, 2.24) is 19.6 Å². The lowest BCUT2D eigenvalue weighted by atomic mass is 10.2. The molecule has 0 amide bonds. The Labute approximate surface area is 229 Å². The Morgan fingerprint density at radius 1 is 0.795 bits per heavy atom. The van der Waals surface area contributed by atoms with Crippen LogP contribution in [0.25, 0.3) is 32.9 Å². The molecule has 4 heterocycles. The summed E-state index contributed by atoms with van der Waals surface area (Å²) >= 11 is 2.52. The van der Waals surface area contributed by atoms with Crippen LogP contribution < -0.4 is 22.6 Å². The molecule has 0 atom stereocenters. The van der Waals surface area contributed by atoms with E-state index in [0.717, 1.165) is 0 Å². The van der Waals surface area contributed by atoms with Gasteiger partial charge in [0.1, 0.15) is 5.69 Å². The molecule has 0 aliphatic rings. The normalized spacial score (nSPS) is 10.9. The number of fused-ring (bicyclic) bond motifs is 2. The molecule has 0 bridgehead atoms. The number of ketones is 1. The SMILES string of the molecule is CC(=O)c1nn(-c2ccccc2)c(=O)c2c(N)scc12.Nc1scc2c(CO)nn(-c3ccccc3)c(=O)c12. The Bertz CT molecular complexity index is 1940. The fraction of sp³-hybridized carbons (Fsp3) is 0.0741. The van der Waals surface area contributed by atoms with Crippen molar-refractivity contribution >= 4 is 60.0 Å². The first kappa shape index (κ1) is 26.0. The highest BCUT2D eigenvalue weighted by Gasteiger charge is 2.18. The van der Waals surface area contributed by atoms with Crippen molar-refractivity contribution in [3.05, 3.63) is 104 Å². The molecule has 0 saturated heterocycles. The van der Waals surface area contributed by atoms with E-state index in [2.05, 4.69) is 10.2 Å². The van der Waals surface area contributed by atoms with Crippen LogP contribution in [0.15, 0.2) is 81.0 Å². The molecule has 196 valence electrons. The third-order valence-electron chi connectivity index (χ3n) is 5.92. The number of nitrogens with zero attached hydrogens (tertiary/aromatic N) is 4. The van der Waals surface area contributed by atoms with Crippen LogP contribution in [0.4, 0.5) is 10.0 Å². The van der Waals surface area contributed by atoms with Gasteiger partial charge in [-0.25, -0.2) is 0 Å². The molecule has 12 heteroatoms. The van der Waals surface area contributed by atoms with Gasteiger partial charge in [0.05, 0.1) is 44.5 Å². The second-order valence-electron chi connectivity index (χ2n) is 8.39. The molecular formula is C27H22N6O4S2. The maximum Gasteiger partial charge on any atom is 0.282 e. The van der Waals surface area contributed by atoms with E-state index in [-0.39, 0.29) is 29.2 Å². The molecule has 2 aromatic carbocycles. The van der Waals surface area contributed by atoms with Gasteiger partial charge in [0.15, 0.2) is 5.78 Å². The minimum atomic E-state index is -0.310. The standard InChI is InChI=1S/C14H11N3O2S.C13H11N3O2S/c1-8(18)12-10-7-20-13(15)11(10)14(19)17(16-12)9-5-3-2-4-6-9;14-12-11-9(7-19-12)10(6-17)15-16(13(11)18)8-4-2-1-3-5-8/h2-7H,15H2,1H3;1-5,7,17H,6,14H2. The molecule has 6 rings (SSSR count). The molecule has 4 aromatic heterocycles. The van der Waals surface area contributed by atoms with E-state index in [4.69, 9.17) is 11.5 Å². The van der Waals surface area contributed by atoms with E-state index in [1.807, 2.05) is 24.3 Å². The highest BCUT2D eigenvalue weighted by atomic mass is 32.1. The number of rotatable bonds is 4. The summed E-state index contributed by atoms with van der Waals surface area (Å²) in [6, 6.07) is 18.0. The van der Waals surface area contributed by atoms with Crippen LogP contribution in [-0.4, -0.2) is 30.5 Å². The number of carbonyl (C=O) groups excluding carboxylic acids is 1.